The van der Waals surface area contributed by atoms with E-state index in [9.17, 15) is 0 Å². The highest BCUT2D eigenvalue weighted by Gasteiger charge is 2.14. The molecule has 0 aliphatic heterocycles. The largest absolute Gasteiger partial charge is 0.357 e. The standard InChI is InChI=1S/C7H15ClO/c1-5-6(8)9-7(2,3)4/h6H,5H2,1-4H3. The molecule has 1 atom stereocenters. The Hall–Kier alpha value is 0.250. The van der Waals surface area contributed by atoms with Gasteiger partial charge < -0.3 is 4.74 Å². The molecule has 0 saturated carbocycles. The lowest BCUT2D eigenvalue weighted by Crippen LogP contribution is -2.23. The summed E-state index contributed by atoms with van der Waals surface area (Å²) in [7, 11) is 0. The fourth-order valence-corrected chi connectivity index (χ4v) is 0.734. The van der Waals surface area contributed by atoms with Gasteiger partial charge in [-0.3, -0.25) is 0 Å². The predicted octanol–water partition coefficient (Wildman–Crippen LogP) is 2.78. The normalized spacial score (nSPS) is 15.7. The van der Waals surface area contributed by atoms with Crippen LogP contribution in [-0.4, -0.2) is 11.2 Å². The molecule has 0 N–H and O–H groups in total. The predicted molar refractivity (Wildman–Crippen MR) is 40.8 cm³/mol. The van der Waals surface area contributed by atoms with Gasteiger partial charge >= 0.3 is 0 Å². The van der Waals surface area contributed by atoms with Crippen LogP contribution in [0.25, 0.3) is 0 Å². The molecule has 9 heavy (non-hydrogen) atoms. The van der Waals surface area contributed by atoms with Crippen molar-refractivity contribution in [1.29, 1.82) is 0 Å². The molecule has 0 bridgehead atoms. The molecule has 0 amide bonds. The Kier molecular flexibility index (Phi) is 3.52. The molecule has 0 rings (SSSR count). The molecule has 56 valence electrons. The van der Waals surface area contributed by atoms with Crippen molar-refractivity contribution in [1.82, 2.24) is 0 Å². The molecule has 0 fully saturated rings. The highest BCUT2D eigenvalue weighted by Crippen LogP contribution is 2.14. The smallest absolute Gasteiger partial charge is 0.131 e. The van der Waals surface area contributed by atoms with E-state index < -0.39 is 0 Å². The zero-order chi connectivity index (χ0) is 7.49. The molecule has 0 aromatic heterocycles. The first-order chi connectivity index (χ1) is 3.95. The van der Waals surface area contributed by atoms with Crippen LogP contribution in [0.3, 0.4) is 0 Å². The van der Waals surface area contributed by atoms with Crippen LogP contribution in [0.15, 0.2) is 0 Å². The second-order valence-electron chi connectivity index (χ2n) is 3.05. The van der Waals surface area contributed by atoms with Crippen molar-refractivity contribution in [2.45, 2.75) is 45.3 Å². The molecule has 1 unspecified atom stereocenters. The van der Waals surface area contributed by atoms with Crippen LogP contribution in [0.2, 0.25) is 0 Å². The Morgan fingerprint density at radius 3 is 2.00 bits per heavy atom. The van der Waals surface area contributed by atoms with E-state index in [0.717, 1.165) is 6.42 Å². The summed E-state index contributed by atoms with van der Waals surface area (Å²) in [5.74, 6) is 0. The third-order valence-electron chi connectivity index (χ3n) is 0.802. The van der Waals surface area contributed by atoms with Crippen LogP contribution in [-0.2, 0) is 4.74 Å². The van der Waals surface area contributed by atoms with Gasteiger partial charge in [-0.05, 0) is 27.2 Å². The van der Waals surface area contributed by atoms with E-state index in [4.69, 9.17) is 16.3 Å². The summed E-state index contributed by atoms with van der Waals surface area (Å²) in [6, 6.07) is 0. The van der Waals surface area contributed by atoms with Crippen molar-refractivity contribution in [3.63, 3.8) is 0 Å². The minimum Gasteiger partial charge on any atom is -0.357 e. The first-order valence-corrected chi connectivity index (χ1v) is 3.71. The zero-order valence-electron chi connectivity index (χ0n) is 6.57. The SMILES string of the molecule is CCC(Cl)OC(C)(C)C. The number of hydrogen-bond acceptors (Lipinski definition) is 1. The summed E-state index contributed by atoms with van der Waals surface area (Å²) in [4.78, 5) is 0. The average molecular weight is 151 g/mol. The Morgan fingerprint density at radius 1 is 1.44 bits per heavy atom. The van der Waals surface area contributed by atoms with Crippen molar-refractivity contribution in [2.24, 2.45) is 0 Å². The van der Waals surface area contributed by atoms with Gasteiger partial charge in [0.05, 0.1) is 5.60 Å². The highest BCUT2D eigenvalue weighted by molar-refractivity contribution is 6.19. The van der Waals surface area contributed by atoms with Crippen molar-refractivity contribution in [2.75, 3.05) is 0 Å². The summed E-state index contributed by atoms with van der Waals surface area (Å²) < 4.78 is 5.35. The van der Waals surface area contributed by atoms with Gasteiger partial charge in [0.25, 0.3) is 0 Å². The monoisotopic (exact) mass is 150 g/mol. The molecule has 0 radical (unpaired) electrons. The fourth-order valence-electron chi connectivity index (χ4n) is 0.467. The van der Waals surface area contributed by atoms with Crippen molar-refractivity contribution >= 4 is 11.6 Å². The molecule has 0 saturated heterocycles. The van der Waals surface area contributed by atoms with Gasteiger partial charge in [0.2, 0.25) is 0 Å². The van der Waals surface area contributed by atoms with E-state index in [1.807, 2.05) is 27.7 Å². The molecule has 0 spiro atoms. The van der Waals surface area contributed by atoms with Gasteiger partial charge in [0.15, 0.2) is 0 Å². The topological polar surface area (TPSA) is 9.23 Å². The number of hydrogen-bond donors (Lipinski definition) is 0. The van der Waals surface area contributed by atoms with Crippen LogP contribution in [0, 0.1) is 0 Å². The first-order valence-electron chi connectivity index (χ1n) is 3.27. The Labute approximate surface area is 62.3 Å². The molecule has 0 heterocycles. The molecule has 1 nitrogen and oxygen atoms in total. The third kappa shape index (κ3) is 6.13. The van der Waals surface area contributed by atoms with Crippen molar-refractivity contribution in [3.8, 4) is 0 Å². The maximum Gasteiger partial charge on any atom is 0.131 e. The van der Waals surface area contributed by atoms with Crippen LogP contribution >= 0.6 is 11.6 Å². The lowest BCUT2D eigenvalue weighted by molar-refractivity contribution is -0.0235. The van der Waals surface area contributed by atoms with Gasteiger partial charge in [-0.2, -0.15) is 0 Å². The van der Waals surface area contributed by atoms with Gasteiger partial charge in [-0.1, -0.05) is 18.5 Å². The summed E-state index contributed by atoms with van der Waals surface area (Å²) in [6.07, 6.45) is 0.860. The van der Waals surface area contributed by atoms with Gasteiger partial charge in [0.1, 0.15) is 5.56 Å². The zero-order valence-corrected chi connectivity index (χ0v) is 7.33. The average Bonchev–Trinajstić information content (AvgIpc) is 1.62. The second kappa shape index (κ2) is 3.43. The maximum absolute atomic E-state index is 5.73. The molecular formula is C7H15ClO. The summed E-state index contributed by atoms with van der Waals surface area (Å²) in [6.45, 7) is 8.00. The van der Waals surface area contributed by atoms with E-state index >= 15 is 0 Å². The van der Waals surface area contributed by atoms with E-state index in [-0.39, 0.29) is 11.2 Å². The van der Waals surface area contributed by atoms with Crippen LogP contribution in [0.4, 0.5) is 0 Å². The van der Waals surface area contributed by atoms with Crippen molar-refractivity contribution in [3.05, 3.63) is 0 Å². The van der Waals surface area contributed by atoms with E-state index in [1.54, 1.807) is 0 Å². The molecule has 0 aromatic rings. The Morgan fingerprint density at radius 2 is 1.89 bits per heavy atom. The number of rotatable bonds is 2. The van der Waals surface area contributed by atoms with Gasteiger partial charge in [-0.15, -0.1) is 0 Å². The fraction of sp³-hybridized carbons (Fsp3) is 1.00. The molecular weight excluding hydrogens is 136 g/mol. The van der Waals surface area contributed by atoms with E-state index in [2.05, 4.69) is 0 Å². The molecule has 0 aliphatic carbocycles. The molecule has 0 aliphatic rings. The lowest BCUT2D eigenvalue weighted by atomic mass is 10.2. The van der Waals surface area contributed by atoms with Crippen molar-refractivity contribution < 1.29 is 4.74 Å². The first kappa shape index (κ1) is 9.25. The molecule has 2 heteroatoms. The van der Waals surface area contributed by atoms with E-state index in [0.29, 0.717) is 0 Å². The van der Waals surface area contributed by atoms with Crippen LogP contribution < -0.4 is 0 Å². The minimum absolute atomic E-state index is 0.109. The maximum atomic E-state index is 5.73. The minimum atomic E-state index is -0.134. The van der Waals surface area contributed by atoms with Gasteiger partial charge in [-0.25, -0.2) is 0 Å². The Bertz CT molecular complexity index is 75.5. The Balaban J connectivity index is 3.47. The van der Waals surface area contributed by atoms with Crippen LogP contribution in [0.1, 0.15) is 34.1 Å². The number of ether oxygens (including phenoxy) is 1. The van der Waals surface area contributed by atoms with Gasteiger partial charge in [0, 0.05) is 0 Å². The highest BCUT2D eigenvalue weighted by atomic mass is 35.5. The second-order valence-corrected chi connectivity index (χ2v) is 3.54. The third-order valence-corrected chi connectivity index (χ3v) is 1.20. The quantitative estimate of drug-likeness (QED) is 0.550. The number of alkyl halides is 1. The number of halogens is 1. The summed E-state index contributed by atoms with van der Waals surface area (Å²) in [5.41, 5.74) is -0.243. The molecule has 0 aromatic carbocycles. The van der Waals surface area contributed by atoms with Crippen LogP contribution in [0.5, 0.6) is 0 Å². The lowest BCUT2D eigenvalue weighted by Gasteiger charge is -2.22. The summed E-state index contributed by atoms with van der Waals surface area (Å²) >= 11 is 5.73. The summed E-state index contributed by atoms with van der Waals surface area (Å²) in [5, 5.41) is 0. The van der Waals surface area contributed by atoms with E-state index in [1.165, 1.54) is 0 Å².